The van der Waals surface area contributed by atoms with Gasteiger partial charge in [-0.2, -0.15) is 0 Å². The van der Waals surface area contributed by atoms with Gasteiger partial charge in [-0.3, -0.25) is 4.79 Å². The van der Waals surface area contributed by atoms with Crippen LogP contribution in [0.5, 0.6) is 0 Å². The number of nitrogens with one attached hydrogen (secondary N) is 1. The third-order valence-electron chi connectivity index (χ3n) is 3.80. The zero-order valence-corrected chi connectivity index (χ0v) is 13.0. The topological polar surface area (TPSA) is 76.4 Å². The smallest absolute Gasteiger partial charge is 0.287 e. The Bertz CT molecular complexity index is 807. The Labute approximate surface area is 129 Å². The molecule has 22 heavy (non-hydrogen) atoms. The highest BCUT2D eigenvalue weighted by atomic mass is 32.2. The molecular weight excluding hydrogens is 302 g/mol. The van der Waals surface area contributed by atoms with Gasteiger partial charge in [0.1, 0.15) is 5.76 Å². The van der Waals surface area contributed by atoms with Crippen LogP contribution in [0.4, 0.5) is 0 Å². The van der Waals surface area contributed by atoms with Crippen molar-refractivity contribution in [3.63, 3.8) is 0 Å². The number of amides is 1. The number of rotatable bonds is 2. The summed E-state index contributed by atoms with van der Waals surface area (Å²) in [7, 11) is -3.28. The second-order valence-corrected chi connectivity index (χ2v) is 7.51. The molecule has 2 aromatic rings. The number of hydrogen-bond acceptors (Lipinski definition) is 4. The molecule has 0 saturated carbocycles. The van der Waals surface area contributed by atoms with Crippen LogP contribution in [-0.2, 0) is 9.84 Å². The molecule has 1 aliphatic rings. The van der Waals surface area contributed by atoms with Crippen molar-refractivity contribution in [2.45, 2.75) is 30.7 Å². The van der Waals surface area contributed by atoms with E-state index < -0.39 is 9.84 Å². The quantitative estimate of drug-likeness (QED) is 0.923. The van der Waals surface area contributed by atoms with E-state index in [-0.39, 0.29) is 23.5 Å². The minimum absolute atomic E-state index is 0.107. The largest absolute Gasteiger partial charge is 0.456 e. The maximum absolute atomic E-state index is 12.3. The highest BCUT2D eigenvalue weighted by molar-refractivity contribution is 7.91. The standard InChI is InChI=1S/C16H17NO4S/c1-11-8-9-14(21-11)16(18)17-13-6-4-10-22(19,20)15-7-3-2-5-12(13)15/h2-3,5,7-9,13H,4,6,10H2,1H3,(H,17,18)/t13-/m1/s1. The number of carbonyl (C=O) groups is 1. The lowest BCUT2D eigenvalue weighted by atomic mass is 10.0. The van der Waals surface area contributed by atoms with Gasteiger partial charge in [0.25, 0.3) is 5.91 Å². The number of sulfone groups is 1. The van der Waals surface area contributed by atoms with Gasteiger partial charge in [0.2, 0.25) is 0 Å². The second kappa shape index (κ2) is 5.61. The van der Waals surface area contributed by atoms with Crippen molar-refractivity contribution in [3.05, 3.63) is 53.5 Å². The number of hydrogen-bond donors (Lipinski definition) is 1. The lowest BCUT2D eigenvalue weighted by Gasteiger charge is -2.18. The summed E-state index contributed by atoms with van der Waals surface area (Å²) in [6.07, 6.45) is 1.10. The fourth-order valence-corrected chi connectivity index (χ4v) is 4.35. The second-order valence-electron chi connectivity index (χ2n) is 5.44. The fourth-order valence-electron chi connectivity index (χ4n) is 2.73. The Kier molecular flexibility index (Phi) is 3.78. The van der Waals surface area contributed by atoms with Gasteiger partial charge in [-0.25, -0.2) is 8.42 Å². The molecule has 2 heterocycles. The highest BCUT2D eigenvalue weighted by Crippen LogP contribution is 2.31. The van der Waals surface area contributed by atoms with Crippen molar-refractivity contribution in [1.82, 2.24) is 5.32 Å². The maximum Gasteiger partial charge on any atom is 0.287 e. The van der Waals surface area contributed by atoms with Crippen molar-refractivity contribution in [2.24, 2.45) is 0 Å². The summed E-state index contributed by atoms with van der Waals surface area (Å²) in [6, 6.07) is 9.87. The molecule has 0 saturated heterocycles. The zero-order valence-electron chi connectivity index (χ0n) is 12.2. The van der Waals surface area contributed by atoms with Crippen LogP contribution in [-0.4, -0.2) is 20.1 Å². The molecule has 0 aliphatic carbocycles. The molecule has 1 aliphatic heterocycles. The molecule has 1 aromatic carbocycles. The summed E-state index contributed by atoms with van der Waals surface area (Å²) in [6.45, 7) is 1.77. The predicted octanol–water partition coefficient (Wildman–Crippen LogP) is 2.63. The molecule has 0 radical (unpaired) electrons. The van der Waals surface area contributed by atoms with E-state index in [4.69, 9.17) is 4.42 Å². The summed E-state index contributed by atoms with van der Waals surface area (Å²) in [4.78, 5) is 12.6. The van der Waals surface area contributed by atoms with Gasteiger partial charge in [0.15, 0.2) is 15.6 Å². The molecule has 1 atom stereocenters. The SMILES string of the molecule is Cc1ccc(C(=O)N[C@@H]2CCCS(=O)(=O)c3ccccc32)o1. The van der Waals surface area contributed by atoms with E-state index >= 15 is 0 Å². The van der Waals surface area contributed by atoms with Gasteiger partial charge in [-0.1, -0.05) is 18.2 Å². The third-order valence-corrected chi connectivity index (χ3v) is 5.67. The number of fused-ring (bicyclic) bond motifs is 1. The molecule has 0 bridgehead atoms. The number of carbonyl (C=O) groups excluding carboxylic acids is 1. The van der Waals surface area contributed by atoms with Crippen LogP contribution in [0.3, 0.4) is 0 Å². The van der Waals surface area contributed by atoms with Crippen LogP contribution in [0.1, 0.15) is 40.8 Å². The molecule has 0 spiro atoms. The van der Waals surface area contributed by atoms with Crippen LogP contribution in [0.25, 0.3) is 0 Å². The average Bonchev–Trinajstić information content (AvgIpc) is 2.87. The van der Waals surface area contributed by atoms with Gasteiger partial charge in [-0.15, -0.1) is 0 Å². The van der Waals surface area contributed by atoms with E-state index in [9.17, 15) is 13.2 Å². The average molecular weight is 319 g/mol. The molecule has 0 fully saturated rings. The van der Waals surface area contributed by atoms with Crippen LogP contribution < -0.4 is 5.32 Å². The minimum Gasteiger partial charge on any atom is -0.456 e. The first-order valence-corrected chi connectivity index (χ1v) is 8.81. The number of benzene rings is 1. The summed E-state index contributed by atoms with van der Waals surface area (Å²) >= 11 is 0. The van der Waals surface area contributed by atoms with Crippen molar-refractivity contribution in [2.75, 3.05) is 5.75 Å². The number of furan rings is 1. The van der Waals surface area contributed by atoms with Crippen LogP contribution in [0, 0.1) is 6.92 Å². The monoisotopic (exact) mass is 319 g/mol. The lowest BCUT2D eigenvalue weighted by molar-refractivity contribution is 0.0904. The van der Waals surface area contributed by atoms with Gasteiger partial charge in [0, 0.05) is 0 Å². The van der Waals surface area contributed by atoms with Crippen LogP contribution in [0.15, 0.2) is 45.7 Å². The van der Waals surface area contributed by atoms with Gasteiger partial charge in [-0.05, 0) is 43.5 Å². The number of aryl methyl sites for hydroxylation is 1. The Morgan fingerprint density at radius 1 is 1.23 bits per heavy atom. The maximum atomic E-state index is 12.3. The summed E-state index contributed by atoms with van der Waals surface area (Å²) in [5, 5.41) is 2.89. The van der Waals surface area contributed by atoms with E-state index in [1.807, 2.05) is 0 Å². The summed E-state index contributed by atoms with van der Waals surface area (Å²) in [5.74, 6) is 0.680. The van der Waals surface area contributed by atoms with Gasteiger partial charge < -0.3 is 9.73 Å². The molecule has 1 N–H and O–H groups in total. The van der Waals surface area contributed by atoms with Crippen LogP contribution in [0.2, 0.25) is 0 Å². The molecule has 1 amide bonds. The zero-order chi connectivity index (χ0) is 15.7. The predicted molar refractivity (Wildman–Crippen MR) is 81.4 cm³/mol. The Morgan fingerprint density at radius 2 is 2.00 bits per heavy atom. The molecular formula is C16H17NO4S. The first kappa shape index (κ1) is 14.8. The van der Waals surface area contributed by atoms with E-state index in [2.05, 4.69) is 5.32 Å². The first-order chi connectivity index (χ1) is 10.5. The van der Waals surface area contributed by atoms with Crippen molar-refractivity contribution in [3.8, 4) is 0 Å². The van der Waals surface area contributed by atoms with E-state index in [0.717, 1.165) is 0 Å². The van der Waals surface area contributed by atoms with Crippen molar-refractivity contribution in [1.29, 1.82) is 0 Å². The highest BCUT2D eigenvalue weighted by Gasteiger charge is 2.28. The first-order valence-electron chi connectivity index (χ1n) is 7.16. The summed E-state index contributed by atoms with van der Waals surface area (Å²) < 4.78 is 29.8. The molecule has 1 aromatic heterocycles. The molecule has 6 heteroatoms. The van der Waals surface area contributed by atoms with Gasteiger partial charge >= 0.3 is 0 Å². The Balaban J connectivity index is 1.92. The van der Waals surface area contributed by atoms with E-state index in [0.29, 0.717) is 29.1 Å². The minimum atomic E-state index is -3.28. The Morgan fingerprint density at radius 3 is 2.73 bits per heavy atom. The third kappa shape index (κ3) is 2.78. The molecule has 0 unspecified atom stereocenters. The van der Waals surface area contributed by atoms with Crippen molar-refractivity contribution >= 4 is 15.7 Å². The molecule has 116 valence electrons. The van der Waals surface area contributed by atoms with E-state index in [1.165, 1.54) is 0 Å². The fraction of sp³-hybridized carbons (Fsp3) is 0.312. The van der Waals surface area contributed by atoms with Crippen LogP contribution >= 0.6 is 0 Å². The normalized spacial score (nSPS) is 20.0. The van der Waals surface area contributed by atoms with E-state index in [1.54, 1.807) is 43.3 Å². The molecule has 3 rings (SSSR count). The van der Waals surface area contributed by atoms with Crippen molar-refractivity contribution < 1.29 is 17.6 Å². The Hall–Kier alpha value is -2.08. The lowest BCUT2D eigenvalue weighted by Crippen LogP contribution is -2.28. The molecule has 5 nitrogen and oxygen atoms in total. The summed E-state index contributed by atoms with van der Waals surface area (Å²) in [5.41, 5.74) is 0.650. The van der Waals surface area contributed by atoms with Gasteiger partial charge in [0.05, 0.1) is 16.7 Å².